The van der Waals surface area contributed by atoms with E-state index in [0.717, 1.165) is 51.6 Å². The van der Waals surface area contributed by atoms with Gasteiger partial charge in [0.05, 0.1) is 0 Å². The van der Waals surface area contributed by atoms with Gasteiger partial charge in [0.25, 0.3) is 0 Å². The molecule has 1 aliphatic rings. The van der Waals surface area contributed by atoms with E-state index in [0.29, 0.717) is 23.2 Å². The average Bonchev–Trinajstić information content (AvgIpc) is 2.67. The van der Waals surface area contributed by atoms with Crippen LogP contribution in [0.5, 0.6) is 0 Å². The lowest BCUT2D eigenvalue weighted by atomic mass is 10.0. The first-order chi connectivity index (χ1) is 13.5. The van der Waals surface area contributed by atoms with E-state index in [1.165, 1.54) is 12.1 Å². The smallest absolute Gasteiger partial charge is 0.224 e. The molecule has 2 aromatic carbocycles. The number of benzene rings is 2. The molecule has 1 heterocycles. The van der Waals surface area contributed by atoms with Gasteiger partial charge in [-0.1, -0.05) is 12.1 Å². The summed E-state index contributed by atoms with van der Waals surface area (Å²) in [5.74, 6) is -1.21. The Morgan fingerprint density at radius 3 is 2.39 bits per heavy atom. The van der Waals surface area contributed by atoms with E-state index in [-0.39, 0.29) is 5.91 Å². The fraction of sp³-hybridized carbons (Fsp3) is 0.409. The summed E-state index contributed by atoms with van der Waals surface area (Å²) in [4.78, 5) is 16.9. The molecule has 0 spiro atoms. The predicted octanol–water partition coefficient (Wildman–Crippen LogP) is 3.99. The number of nitrogens with zero attached hydrogens (tertiary/aromatic N) is 2. The fourth-order valence-electron chi connectivity index (χ4n) is 3.37. The Kier molecular flexibility index (Phi) is 7.12. The van der Waals surface area contributed by atoms with Gasteiger partial charge in [-0.15, -0.1) is 0 Å². The summed E-state index contributed by atoms with van der Waals surface area (Å²) in [6, 6.07) is 10.4. The number of likely N-dealkylation sites (N-methyl/N-ethyl adjacent to an activating group) is 1. The molecule has 1 aliphatic heterocycles. The molecular weight excluding hydrogens is 360 g/mol. The molecular formula is C22H27F2N3O. The lowest BCUT2D eigenvalue weighted by Gasteiger charge is -2.32. The Hall–Kier alpha value is -2.31. The number of hydrogen-bond donors (Lipinski definition) is 1. The monoisotopic (exact) mass is 387 g/mol. The minimum atomic E-state index is -0.600. The van der Waals surface area contributed by atoms with Crippen LogP contribution < -0.4 is 5.32 Å². The van der Waals surface area contributed by atoms with Crippen LogP contribution in [0.15, 0.2) is 42.5 Å². The number of amides is 1. The number of carbonyl (C=O) groups excluding carboxylic acids is 1. The molecule has 2 aromatic rings. The molecule has 3 rings (SSSR count). The van der Waals surface area contributed by atoms with Gasteiger partial charge in [0, 0.05) is 49.9 Å². The van der Waals surface area contributed by atoms with Crippen LogP contribution in [-0.4, -0.2) is 55.5 Å². The fourth-order valence-corrected chi connectivity index (χ4v) is 3.37. The van der Waals surface area contributed by atoms with Gasteiger partial charge in [0.15, 0.2) is 0 Å². The summed E-state index contributed by atoms with van der Waals surface area (Å²) < 4.78 is 26.9. The molecule has 1 N–H and O–H groups in total. The molecule has 28 heavy (non-hydrogen) atoms. The van der Waals surface area contributed by atoms with E-state index < -0.39 is 11.6 Å². The molecule has 150 valence electrons. The van der Waals surface area contributed by atoms with E-state index in [1.54, 1.807) is 24.3 Å². The van der Waals surface area contributed by atoms with Crippen molar-refractivity contribution in [3.8, 4) is 11.1 Å². The maximum Gasteiger partial charge on any atom is 0.224 e. The quantitative estimate of drug-likeness (QED) is 0.730. The number of piperazine rings is 1. The molecule has 0 aromatic heterocycles. The largest absolute Gasteiger partial charge is 0.326 e. The molecule has 6 heteroatoms. The Morgan fingerprint density at radius 1 is 1.00 bits per heavy atom. The predicted molar refractivity (Wildman–Crippen MR) is 108 cm³/mol. The molecule has 1 amide bonds. The number of unbranched alkanes of at least 4 members (excludes halogenated alkanes) is 1. The highest BCUT2D eigenvalue weighted by atomic mass is 19.1. The lowest BCUT2D eigenvalue weighted by Crippen LogP contribution is -2.44. The van der Waals surface area contributed by atoms with Crippen molar-refractivity contribution in [2.24, 2.45) is 0 Å². The van der Waals surface area contributed by atoms with E-state index in [4.69, 9.17) is 0 Å². The number of rotatable bonds is 7. The third kappa shape index (κ3) is 5.84. The van der Waals surface area contributed by atoms with E-state index in [1.807, 2.05) is 0 Å². The van der Waals surface area contributed by atoms with Crippen molar-refractivity contribution in [2.45, 2.75) is 19.3 Å². The maximum absolute atomic E-state index is 13.9. The van der Waals surface area contributed by atoms with Crippen LogP contribution in [0, 0.1) is 11.6 Å². The number of nitrogens with one attached hydrogen (secondary N) is 1. The zero-order chi connectivity index (χ0) is 19.9. The highest BCUT2D eigenvalue weighted by molar-refractivity contribution is 5.90. The van der Waals surface area contributed by atoms with Crippen LogP contribution in [0.4, 0.5) is 14.5 Å². The number of anilines is 1. The molecule has 4 nitrogen and oxygen atoms in total. The second-order valence-corrected chi connectivity index (χ2v) is 7.35. The second-order valence-electron chi connectivity index (χ2n) is 7.35. The van der Waals surface area contributed by atoms with Crippen molar-refractivity contribution < 1.29 is 13.6 Å². The van der Waals surface area contributed by atoms with E-state index in [9.17, 15) is 13.6 Å². The first-order valence-corrected chi connectivity index (χ1v) is 9.77. The second kappa shape index (κ2) is 9.75. The number of hydrogen-bond acceptors (Lipinski definition) is 3. The van der Waals surface area contributed by atoms with Crippen molar-refractivity contribution in [1.29, 1.82) is 0 Å². The molecule has 1 saturated heterocycles. The standard InChI is InChI=1S/C22H27F2N3O/c1-26-12-14-27(15-13-26)11-3-2-4-22(28)25-19-8-5-17(6-9-19)20-10-7-18(23)16-21(20)24/h5-10,16H,2-4,11-15H2,1H3,(H,25,28). The molecule has 0 unspecified atom stereocenters. The Labute approximate surface area is 165 Å². The summed E-state index contributed by atoms with van der Waals surface area (Å²) >= 11 is 0. The van der Waals surface area contributed by atoms with Crippen LogP contribution in [0.1, 0.15) is 19.3 Å². The first kappa shape index (κ1) is 20.4. The lowest BCUT2D eigenvalue weighted by molar-refractivity contribution is -0.116. The Bertz CT molecular complexity index is 787. The van der Waals surface area contributed by atoms with Gasteiger partial charge in [-0.25, -0.2) is 8.78 Å². The van der Waals surface area contributed by atoms with Gasteiger partial charge in [0.2, 0.25) is 5.91 Å². The van der Waals surface area contributed by atoms with Gasteiger partial charge >= 0.3 is 0 Å². The Balaban J connectivity index is 1.42. The summed E-state index contributed by atoms with van der Waals surface area (Å²) in [6.07, 6.45) is 2.36. The highest BCUT2D eigenvalue weighted by Gasteiger charge is 2.13. The van der Waals surface area contributed by atoms with Crippen molar-refractivity contribution in [3.05, 3.63) is 54.1 Å². The third-order valence-corrected chi connectivity index (χ3v) is 5.13. The van der Waals surface area contributed by atoms with Crippen molar-refractivity contribution in [3.63, 3.8) is 0 Å². The third-order valence-electron chi connectivity index (χ3n) is 5.13. The minimum Gasteiger partial charge on any atom is -0.326 e. The molecule has 0 radical (unpaired) electrons. The molecule has 0 aliphatic carbocycles. The zero-order valence-corrected chi connectivity index (χ0v) is 16.3. The number of halogens is 2. The van der Waals surface area contributed by atoms with Gasteiger partial charge < -0.3 is 15.1 Å². The van der Waals surface area contributed by atoms with Crippen LogP contribution in [-0.2, 0) is 4.79 Å². The van der Waals surface area contributed by atoms with Crippen molar-refractivity contribution in [1.82, 2.24) is 9.80 Å². The van der Waals surface area contributed by atoms with Crippen molar-refractivity contribution >= 4 is 11.6 Å². The minimum absolute atomic E-state index is 0.0147. The molecule has 1 fully saturated rings. The number of carbonyl (C=O) groups is 1. The van der Waals surface area contributed by atoms with Gasteiger partial charge in [-0.05, 0) is 56.3 Å². The normalized spacial score (nSPS) is 15.5. The first-order valence-electron chi connectivity index (χ1n) is 9.77. The summed E-state index contributed by atoms with van der Waals surface area (Å²) in [5, 5.41) is 2.88. The van der Waals surface area contributed by atoms with E-state index in [2.05, 4.69) is 22.2 Å². The maximum atomic E-state index is 13.9. The van der Waals surface area contributed by atoms with Gasteiger partial charge in [0.1, 0.15) is 11.6 Å². The van der Waals surface area contributed by atoms with Gasteiger partial charge in [-0.3, -0.25) is 4.79 Å². The summed E-state index contributed by atoms with van der Waals surface area (Å²) in [5.41, 5.74) is 1.65. The Morgan fingerprint density at radius 2 is 1.71 bits per heavy atom. The molecule has 0 saturated carbocycles. The SMILES string of the molecule is CN1CCN(CCCCC(=O)Nc2ccc(-c3ccc(F)cc3F)cc2)CC1. The van der Waals surface area contributed by atoms with Crippen LogP contribution >= 0.6 is 0 Å². The van der Waals surface area contributed by atoms with Crippen molar-refractivity contribution in [2.75, 3.05) is 45.1 Å². The van der Waals surface area contributed by atoms with Crippen LogP contribution in [0.3, 0.4) is 0 Å². The summed E-state index contributed by atoms with van der Waals surface area (Å²) in [7, 11) is 2.14. The van der Waals surface area contributed by atoms with Crippen LogP contribution in [0.2, 0.25) is 0 Å². The molecule has 0 atom stereocenters. The van der Waals surface area contributed by atoms with E-state index >= 15 is 0 Å². The van der Waals surface area contributed by atoms with Gasteiger partial charge in [-0.2, -0.15) is 0 Å². The molecule has 0 bridgehead atoms. The topological polar surface area (TPSA) is 35.6 Å². The zero-order valence-electron chi connectivity index (χ0n) is 16.3. The highest BCUT2D eigenvalue weighted by Crippen LogP contribution is 2.25. The van der Waals surface area contributed by atoms with Crippen LogP contribution in [0.25, 0.3) is 11.1 Å². The summed E-state index contributed by atoms with van der Waals surface area (Å²) in [6.45, 7) is 5.46. The average molecular weight is 387 g/mol.